The van der Waals surface area contributed by atoms with E-state index in [0.29, 0.717) is 35.1 Å². The Morgan fingerprint density at radius 1 is 1.19 bits per heavy atom. The predicted molar refractivity (Wildman–Crippen MR) is 119 cm³/mol. The lowest BCUT2D eigenvalue weighted by Gasteiger charge is -2.28. The summed E-state index contributed by atoms with van der Waals surface area (Å²) in [5, 5.41) is 3.32. The number of pyridine rings is 2. The minimum absolute atomic E-state index is 0.0654. The summed E-state index contributed by atoms with van der Waals surface area (Å²) in [5.41, 5.74) is 2.98. The number of aryl methyl sites for hydroxylation is 1. The van der Waals surface area contributed by atoms with E-state index in [2.05, 4.69) is 20.2 Å². The van der Waals surface area contributed by atoms with E-state index in [1.807, 2.05) is 13.0 Å². The van der Waals surface area contributed by atoms with Crippen molar-refractivity contribution in [1.29, 1.82) is 0 Å². The Balaban J connectivity index is 1.52. The number of Topliss-reactive ketones (excluding diaryl/α,β-unsaturated/α-hetero) is 1. The number of benzene rings is 1. The number of nitrogens with one attached hydrogen (secondary N) is 1. The predicted octanol–water partition coefficient (Wildman–Crippen LogP) is 4.58. The molecule has 160 valence electrons. The topological polar surface area (TPSA) is 67.3 Å². The van der Waals surface area contributed by atoms with Gasteiger partial charge < -0.3 is 15.0 Å². The van der Waals surface area contributed by atoms with E-state index in [9.17, 15) is 9.18 Å². The van der Waals surface area contributed by atoms with E-state index in [1.165, 1.54) is 6.07 Å². The van der Waals surface area contributed by atoms with Crippen molar-refractivity contribution in [1.82, 2.24) is 9.97 Å². The van der Waals surface area contributed by atoms with Crippen molar-refractivity contribution in [2.75, 3.05) is 36.5 Å². The minimum atomic E-state index is -0.479. The minimum Gasteiger partial charge on any atom is -0.378 e. The maximum Gasteiger partial charge on any atom is 0.169 e. The molecular formula is C23H22ClFN4O2. The lowest BCUT2D eigenvalue weighted by atomic mass is 10.0. The van der Waals surface area contributed by atoms with Crippen molar-refractivity contribution in [3.8, 4) is 0 Å². The van der Waals surface area contributed by atoms with Crippen LogP contribution in [-0.2, 0) is 11.2 Å². The van der Waals surface area contributed by atoms with E-state index >= 15 is 0 Å². The summed E-state index contributed by atoms with van der Waals surface area (Å²) in [7, 11) is 0. The summed E-state index contributed by atoms with van der Waals surface area (Å²) in [4.78, 5) is 23.8. The molecular weight excluding hydrogens is 419 g/mol. The lowest BCUT2D eigenvalue weighted by Crippen LogP contribution is -2.36. The van der Waals surface area contributed by atoms with Crippen molar-refractivity contribution in [2.45, 2.75) is 13.3 Å². The number of aromatic nitrogens is 2. The fourth-order valence-electron chi connectivity index (χ4n) is 3.49. The van der Waals surface area contributed by atoms with Crippen LogP contribution < -0.4 is 10.2 Å². The number of hydrogen-bond donors (Lipinski definition) is 1. The first kappa shape index (κ1) is 21.2. The highest BCUT2D eigenvalue weighted by molar-refractivity contribution is 6.30. The van der Waals surface area contributed by atoms with Crippen LogP contribution in [0.25, 0.3) is 0 Å². The van der Waals surface area contributed by atoms with E-state index in [4.69, 9.17) is 16.3 Å². The zero-order chi connectivity index (χ0) is 21.8. The average molecular weight is 441 g/mol. The Morgan fingerprint density at radius 2 is 2.00 bits per heavy atom. The second kappa shape index (κ2) is 9.41. The molecule has 0 aliphatic carbocycles. The third-order valence-corrected chi connectivity index (χ3v) is 5.43. The molecule has 2 aromatic heterocycles. The molecule has 0 unspecified atom stereocenters. The Bertz CT molecular complexity index is 1100. The van der Waals surface area contributed by atoms with Crippen LogP contribution in [0.15, 0.2) is 48.9 Å². The Kier molecular flexibility index (Phi) is 6.44. The summed E-state index contributed by atoms with van der Waals surface area (Å²) in [6.45, 7) is 4.83. The van der Waals surface area contributed by atoms with Crippen LogP contribution in [0.4, 0.5) is 21.6 Å². The summed E-state index contributed by atoms with van der Waals surface area (Å²) in [6.07, 6.45) is 4.96. The molecule has 8 heteroatoms. The molecule has 1 fully saturated rings. The summed E-state index contributed by atoms with van der Waals surface area (Å²) in [5.74, 6) is 0.304. The van der Waals surface area contributed by atoms with Gasteiger partial charge in [0.25, 0.3) is 0 Å². The normalized spacial score (nSPS) is 13.8. The standard InChI is InChI=1S/C23H22ClFN4O2/c1-15-10-23(29-6-8-31-9-7-29)27-13-18(15)22(30)11-16-4-5-26-14-21(16)28-20-3-2-17(24)12-19(20)25/h2-5,10,12-14,28H,6-9,11H2,1H3. The largest absolute Gasteiger partial charge is 0.378 e. The van der Waals surface area contributed by atoms with Gasteiger partial charge in [-0.05, 0) is 48.4 Å². The third-order valence-electron chi connectivity index (χ3n) is 5.19. The molecule has 1 aromatic carbocycles. The SMILES string of the molecule is Cc1cc(N2CCOCC2)ncc1C(=O)Cc1ccncc1Nc1ccc(Cl)cc1F. The number of ketones is 1. The number of hydrogen-bond acceptors (Lipinski definition) is 6. The molecule has 0 atom stereocenters. The molecule has 6 nitrogen and oxygen atoms in total. The lowest BCUT2D eigenvalue weighted by molar-refractivity contribution is 0.0992. The number of carbonyl (C=O) groups is 1. The summed E-state index contributed by atoms with van der Waals surface area (Å²) in [6, 6.07) is 8.07. The first-order valence-electron chi connectivity index (χ1n) is 9.99. The van der Waals surface area contributed by atoms with Gasteiger partial charge in [-0.25, -0.2) is 9.37 Å². The molecule has 1 N–H and O–H groups in total. The average Bonchev–Trinajstić information content (AvgIpc) is 2.77. The number of halogens is 2. The van der Waals surface area contributed by atoms with E-state index in [0.717, 1.165) is 24.5 Å². The van der Waals surface area contributed by atoms with Crippen LogP contribution in [0.2, 0.25) is 5.02 Å². The van der Waals surface area contributed by atoms with Gasteiger partial charge in [-0.2, -0.15) is 0 Å². The van der Waals surface area contributed by atoms with Crippen LogP contribution in [0.3, 0.4) is 0 Å². The first-order valence-corrected chi connectivity index (χ1v) is 10.4. The third kappa shape index (κ3) is 5.00. The van der Waals surface area contributed by atoms with Crippen LogP contribution >= 0.6 is 11.6 Å². The van der Waals surface area contributed by atoms with Gasteiger partial charge in [0.1, 0.15) is 11.6 Å². The number of nitrogens with zero attached hydrogens (tertiary/aromatic N) is 3. The van der Waals surface area contributed by atoms with Crippen LogP contribution in [0.1, 0.15) is 21.5 Å². The zero-order valence-electron chi connectivity index (χ0n) is 17.1. The zero-order valence-corrected chi connectivity index (χ0v) is 17.8. The highest BCUT2D eigenvalue weighted by atomic mass is 35.5. The molecule has 4 rings (SSSR count). The van der Waals surface area contributed by atoms with Gasteiger partial charge >= 0.3 is 0 Å². The molecule has 1 saturated heterocycles. The van der Waals surface area contributed by atoms with Crippen molar-refractivity contribution in [3.63, 3.8) is 0 Å². The Morgan fingerprint density at radius 3 is 2.74 bits per heavy atom. The van der Waals surface area contributed by atoms with Crippen LogP contribution in [0, 0.1) is 12.7 Å². The quantitative estimate of drug-likeness (QED) is 0.566. The van der Waals surface area contributed by atoms with E-state index < -0.39 is 5.82 Å². The van der Waals surface area contributed by atoms with Gasteiger partial charge in [0.2, 0.25) is 0 Å². The van der Waals surface area contributed by atoms with Gasteiger partial charge in [0, 0.05) is 42.5 Å². The molecule has 0 radical (unpaired) electrons. The Hall–Kier alpha value is -3.03. The molecule has 3 heterocycles. The van der Waals surface area contributed by atoms with Gasteiger partial charge in [-0.3, -0.25) is 9.78 Å². The monoisotopic (exact) mass is 440 g/mol. The van der Waals surface area contributed by atoms with Crippen molar-refractivity contribution < 1.29 is 13.9 Å². The molecule has 0 bridgehead atoms. The molecule has 0 saturated carbocycles. The van der Waals surface area contributed by atoms with Crippen LogP contribution in [0.5, 0.6) is 0 Å². The highest BCUT2D eigenvalue weighted by Crippen LogP contribution is 2.26. The summed E-state index contributed by atoms with van der Waals surface area (Å²) < 4.78 is 19.6. The molecule has 1 aliphatic heterocycles. The first-order chi connectivity index (χ1) is 15.0. The number of ether oxygens (including phenoxy) is 1. The van der Waals surface area contributed by atoms with Crippen LogP contribution in [-0.4, -0.2) is 42.1 Å². The van der Waals surface area contributed by atoms with Gasteiger partial charge in [-0.15, -0.1) is 0 Å². The number of carbonyl (C=O) groups excluding carboxylic acids is 1. The number of anilines is 3. The summed E-state index contributed by atoms with van der Waals surface area (Å²) >= 11 is 5.82. The second-order valence-electron chi connectivity index (χ2n) is 7.34. The van der Waals surface area contributed by atoms with Crippen molar-refractivity contribution >= 4 is 34.6 Å². The van der Waals surface area contributed by atoms with E-state index in [1.54, 1.807) is 36.8 Å². The molecule has 1 aliphatic rings. The maximum absolute atomic E-state index is 14.2. The highest BCUT2D eigenvalue weighted by Gasteiger charge is 2.17. The molecule has 0 amide bonds. The maximum atomic E-state index is 14.2. The van der Waals surface area contributed by atoms with Gasteiger partial charge in [0.15, 0.2) is 5.78 Å². The van der Waals surface area contributed by atoms with E-state index in [-0.39, 0.29) is 17.9 Å². The van der Waals surface area contributed by atoms with Gasteiger partial charge in [0.05, 0.1) is 30.8 Å². The van der Waals surface area contributed by atoms with Crippen molar-refractivity contribution in [2.24, 2.45) is 0 Å². The molecule has 31 heavy (non-hydrogen) atoms. The number of morpholine rings is 1. The Labute approximate surface area is 185 Å². The number of rotatable bonds is 6. The smallest absolute Gasteiger partial charge is 0.169 e. The molecule has 0 spiro atoms. The van der Waals surface area contributed by atoms with Crippen molar-refractivity contribution in [3.05, 3.63) is 76.5 Å². The molecule has 3 aromatic rings. The fraction of sp³-hybridized carbons (Fsp3) is 0.261. The fourth-order valence-corrected chi connectivity index (χ4v) is 3.65. The second-order valence-corrected chi connectivity index (χ2v) is 7.78. The van der Waals surface area contributed by atoms with Gasteiger partial charge in [-0.1, -0.05) is 11.6 Å².